The molecule has 18 heavy (non-hydrogen) atoms. The highest BCUT2D eigenvalue weighted by atomic mass is 16.5. The third kappa shape index (κ3) is 5.32. The molecule has 0 heterocycles. The average Bonchev–Trinajstić information content (AvgIpc) is 2.38. The lowest BCUT2D eigenvalue weighted by Crippen LogP contribution is -2.07. The molecule has 0 bridgehead atoms. The fourth-order valence-corrected chi connectivity index (χ4v) is 1.76. The fraction of sp³-hybridized carbons (Fsp3) is 0.533. The van der Waals surface area contributed by atoms with Gasteiger partial charge in [-0.05, 0) is 24.5 Å². The summed E-state index contributed by atoms with van der Waals surface area (Å²) in [6.07, 6.45) is 2.94. The van der Waals surface area contributed by atoms with Crippen LogP contribution in [0.1, 0.15) is 31.7 Å². The van der Waals surface area contributed by atoms with Gasteiger partial charge in [-0.2, -0.15) is 0 Å². The van der Waals surface area contributed by atoms with Crippen LogP contribution in [0.15, 0.2) is 24.3 Å². The van der Waals surface area contributed by atoms with E-state index in [0.717, 1.165) is 24.2 Å². The van der Waals surface area contributed by atoms with E-state index in [1.54, 1.807) is 7.11 Å². The summed E-state index contributed by atoms with van der Waals surface area (Å²) in [5.41, 5.74) is 1.10. The molecule has 0 aliphatic heterocycles. The molecule has 100 valence electrons. The smallest absolute Gasteiger partial charge is 0.133 e. The van der Waals surface area contributed by atoms with E-state index in [4.69, 9.17) is 9.47 Å². The minimum Gasteiger partial charge on any atom is -0.491 e. The lowest BCUT2D eigenvalue weighted by Gasteiger charge is -2.10. The van der Waals surface area contributed by atoms with Crippen molar-refractivity contribution in [1.29, 1.82) is 0 Å². The molecule has 0 amide bonds. The Bertz CT molecular complexity index is 361. The van der Waals surface area contributed by atoms with Gasteiger partial charge in [0.1, 0.15) is 18.1 Å². The molecular formula is C15H22O3. The molecule has 1 rings (SSSR count). The summed E-state index contributed by atoms with van der Waals surface area (Å²) in [5, 5.41) is 0. The second-order valence-corrected chi connectivity index (χ2v) is 4.24. The number of ketones is 1. The van der Waals surface area contributed by atoms with Crippen LogP contribution in [-0.2, 0) is 16.0 Å². The predicted octanol–water partition coefficient (Wildman–Crippen LogP) is 3.01. The number of Topliss-reactive ketones (excluding diaryl/α,β-unsaturated/α-hetero) is 1. The highest BCUT2D eigenvalue weighted by Gasteiger charge is 2.06. The Morgan fingerprint density at radius 2 is 1.94 bits per heavy atom. The molecule has 0 aromatic heterocycles. The number of rotatable bonds is 9. The van der Waals surface area contributed by atoms with E-state index in [1.807, 2.05) is 31.2 Å². The van der Waals surface area contributed by atoms with Crippen LogP contribution < -0.4 is 4.74 Å². The number of carbonyl (C=O) groups is 1. The van der Waals surface area contributed by atoms with Crippen LogP contribution in [0.5, 0.6) is 5.75 Å². The molecule has 0 radical (unpaired) electrons. The van der Waals surface area contributed by atoms with Gasteiger partial charge in [0, 0.05) is 20.0 Å². The van der Waals surface area contributed by atoms with Crippen molar-refractivity contribution in [1.82, 2.24) is 0 Å². The number of ether oxygens (including phenoxy) is 2. The molecule has 1 aromatic rings. The van der Waals surface area contributed by atoms with Gasteiger partial charge in [0.2, 0.25) is 0 Å². The number of methoxy groups -OCH3 is 1. The van der Waals surface area contributed by atoms with Gasteiger partial charge >= 0.3 is 0 Å². The van der Waals surface area contributed by atoms with Crippen LogP contribution in [-0.4, -0.2) is 26.1 Å². The maximum absolute atomic E-state index is 11.5. The Labute approximate surface area is 109 Å². The Kier molecular flexibility index (Phi) is 7.11. The predicted molar refractivity (Wildman–Crippen MR) is 72.0 cm³/mol. The highest BCUT2D eigenvalue weighted by Crippen LogP contribution is 2.19. The first-order valence-corrected chi connectivity index (χ1v) is 6.49. The van der Waals surface area contributed by atoms with Crippen LogP contribution in [0.4, 0.5) is 0 Å². The van der Waals surface area contributed by atoms with Gasteiger partial charge in [-0.25, -0.2) is 0 Å². The van der Waals surface area contributed by atoms with Crippen molar-refractivity contribution in [2.45, 2.75) is 32.6 Å². The monoisotopic (exact) mass is 250 g/mol. The van der Waals surface area contributed by atoms with Crippen molar-refractivity contribution >= 4 is 5.78 Å². The van der Waals surface area contributed by atoms with Gasteiger partial charge in [0.05, 0.1) is 6.61 Å². The summed E-state index contributed by atoms with van der Waals surface area (Å²) in [4.78, 5) is 11.5. The molecular weight excluding hydrogens is 228 g/mol. The van der Waals surface area contributed by atoms with Crippen LogP contribution >= 0.6 is 0 Å². The minimum atomic E-state index is 0.323. The first-order chi connectivity index (χ1) is 8.77. The number of para-hydroxylation sites is 1. The summed E-state index contributed by atoms with van der Waals surface area (Å²) in [5.74, 6) is 1.18. The Balaban J connectivity index is 2.50. The number of carbonyl (C=O) groups excluding carboxylic acids is 1. The van der Waals surface area contributed by atoms with Crippen molar-refractivity contribution in [2.75, 3.05) is 20.3 Å². The van der Waals surface area contributed by atoms with Crippen LogP contribution in [0.2, 0.25) is 0 Å². The second kappa shape index (κ2) is 8.70. The van der Waals surface area contributed by atoms with Crippen LogP contribution in [0.25, 0.3) is 0 Å². The third-order valence-corrected chi connectivity index (χ3v) is 2.72. The lowest BCUT2D eigenvalue weighted by molar-refractivity contribution is -0.119. The van der Waals surface area contributed by atoms with Crippen molar-refractivity contribution in [3.05, 3.63) is 29.8 Å². The number of hydrogen-bond acceptors (Lipinski definition) is 3. The minimum absolute atomic E-state index is 0.323. The van der Waals surface area contributed by atoms with E-state index in [0.29, 0.717) is 31.8 Å². The molecule has 0 saturated carbocycles. The summed E-state index contributed by atoms with van der Waals surface area (Å²) in [6.45, 7) is 3.14. The SMILES string of the molecule is CCCC(=O)CCc1ccccc1OCCOC. The van der Waals surface area contributed by atoms with Crippen LogP contribution in [0, 0.1) is 0 Å². The van der Waals surface area contributed by atoms with E-state index < -0.39 is 0 Å². The Morgan fingerprint density at radius 3 is 2.67 bits per heavy atom. The summed E-state index contributed by atoms with van der Waals surface area (Å²) in [7, 11) is 1.65. The molecule has 0 fully saturated rings. The largest absolute Gasteiger partial charge is 0.491 e. The summed E-state index contributed by atoms with van der Waals surface area (Å²) in [6, 6.07) is 7.87. The molecule has 0 saturated heterocycles. The Hall–Kier alpha value is -1.35. The van der Waals surface area contributed by atoms with E-state index in [2.05, 4.69) is 0 Å². The van der Waals surface area contributed by atoms with Gasteiger partial charge in [-0.1, -0.05) is 25.1 Å². The van der Waals surface area contributed by atoms with Gasteiger partial charge in [0.15, 0.2) is 0 Å². The first kappa shape index (κ1) is 14.7. The van der Waals surface area contributed by atoms with Crippen molar-refractivity contribution in [2.24, 2.45) is 0 Å². The number of hydrogen-bond donors (Lipinski definition) is 0. The summed E-state index contributed by atoms with van der Waals surface area (Å²) < 4.78 is 10.6. The normalized spacial score (nSPS) is 10.3. The standard InChI is InChI=1S/C15H22O3/c1-3-6-14(16)10-9-13-7-4-5-8-15(13)18-12-11-17-2/h4-5,7-8H,3,6,9-12H2,1-2H3. The zero-order chi connectivity index (χ0) is 13.2. The quantitative estimate of drug-likeness (QED) is 0.632. The van der Waals surface area contributed by atoms with Gasteiger partial charge < -0.3 is 9.47 Å². The molecule has 0 atom stereocenters. The van der Waals surface area contributed by atoms with Crippen molar-refractivity contribution in [3.8, 4) is 5.75 Å². The average molecular weight is 250 g/mol. The first-order valence-electron chi connectivity index (χ1n) is 6.49. The molecule has 0 spiro atoms. The topological polar surface area (TPSA) is 35.5 Å². The van der Waals surface area contributed by atoms with Crippen LogP contribution in [0.3, 0.4) is 0 Å². The molecule has 0 aliphatic rings. The second-order valence-electron chi connectivity index (χ2n) is 4.24. The zero-order valence-corrected chi connectivity index (χ0v) is 11.3. The summed E-state index contributed by atoms with van der Waals surface area (Å²) >= 11 is 0. The molecule has 3 nitrogen and oxygen atoms in total. The highest BCUT2D eigenvalue weighted by molar-refractivity contribution is 5.78. The zero-order valence-electron chi connectivity index (χ0n) is 11.3. The number of benzene rings is 1. The van der Waals surface area contributed by atoms with E-state index in [1.165, 1.54) is 0 Å². The van der Waals surface area contributed by atoms with E-state index in [9.17, 15) is 4.79 Å². The maximum atomic E-state index is 11.5. The Morgan fingerprint density at radius 1 is 1.17 bits per heavy atom. The molecule has 3 heteroatoms. The maximum Gasteiger partial charge on any atom is 0.133 e. The third-order valence-electron chi connectivity index (χ3n) is 2.72. The molecule has 0 unspecified atom stereocenters. The van der Waals surface area contributed by atoms with E-state index in [-0.39, 0.29) is 0 Å². The van der Waals surface area contributed by atoms with Gasteiger partial charge in [-0.15, -0.1) is 0 Å². The van der Waals surface area contributed by atoms with E-state index >= 15 is 0 Å². The van der Waals surface area contributed by atoms with Crippen molar-refractivity contribution in [3.63, 3.8) is 0 Å². The van der Waals surface area contributed by atoms with Gasteiger partial charge in [0.25, 0.3) is 0 Å². The fourth-order valence-electron chi connectivity index (χ4n) is 1.76. The molecule has 0 N–H and O–H groups in total. The van der Waals surface area contributed by atoms with Crippen molar-refractivity contribution < 1.29 is 14.3 Å². The molecule has 0 aliphatic carbocycles. The molecule has 1 aromatic carbocycles. The van der Waals surface area contributed by atoms with Gasteiger partial charge in [-0.3, -0.25) is 4.79 Å². The number of aryl methyl sites for hydroxylation is 1. The lowest BCUT2D eigenvalue weighted by atomic mass is 10.0.